The quantitative estimate of drug-likeness (QED) is 0.782. The molecule has 116 valence electrons. The fraction of sp³-hybridized carbons (Fsp3) is 0.500. The number of fused-ring (bicyclic) bond motifs is 1. The molecule has 1 aliphatic heterocycles. The van der Waals surface area contributed by atoms with Crippen molar-refractivity contribution in [1.82, 2.24) is 9.88 Å². The zero-order chi connectivity index (χ0) is 14.9. The minimum atomic E-state index is 0.617. The summed E-state index contributed by atoms with van der Waals surface area (Å²) in [5.74, 6) is 1.02. The van der Waals surface area contributed by atoms with E-state index in [0.717, 1.165) is 43.4 Å². The molecule has 1 saturated carbocycles. The summed E-state index contributed by atoms with van der Waals surface area (Å²) in [5, 5.41) is 2.83. The van der Waals surface area contributed by atoms with Crippen molar-refractivity contribution in [2.24, 2.45) is 0 Å². The Morgan fingerprint density at radius 1 is 1.00 bits per heavy atom. The van der Waals surface area contributed by atoms with E-state index < -0.39 is 0 Å². The topological polar surface area (TPSA) is 19.4 Å². The van der Waals surface area contributed by atoms with Crippen molar-refractivity contribution in [3.8, 4) is 0 Å². The smallest absolute Gasteiger partial charge is 0.139 e. The van der Waals surface area contributed by atoms with E-state index in [2.05, 4.69) is 33.0 Å². The molecule has 2 heterocycles. The Morgan fingerprint density at radius 2 is 1.73 bits per heavy atom. The van der Waals surface area contributed by atoms with Gasteiger partial charge in [-0.3, -0.25) is 4.90 Å². The molecular formula is C18H22ClN3. The maximum Gasteiger partial charge on any atom is 0.139 e. The number of benzene rings is 1. The Morgan fingerprint density at radius 3 is 2.50 bits per heavy atom. The van der Waals surface area contributed by atoms with Gasteiger partial charge >= 0.3 is 0 Å². The van der Waals surface area contributed by atoms with Crippen LogP contribution in [0.3, 0.4) is 0 Å². The van der Waals surface area contributed by atoms with Gasteiger partial charge in [-0.1, -0.05) is 48.7 Å². The highest BCUT2D eigenvalue weighted by Crippen LogP contribution is 2.28. The van der Waals surface area contributed by atoms with Crippen LogP contribution in [0.25, 0.3) is 10.8 Å². The van der Waals surface area contributed by atoms with Crippen molar-refractivity contribution in [2.75, 3.05) is 31.1 Å². The Bertz CT molecular complexity index is 658. The number of nitrogens with zero attached hydrogens (tertiary/aromatic N) is 3. The molecule has 2 aromatic rings. The molecule has 0 unspecified atom stereocenters. The number of hydrogen-bond donors (Lipinski definition) is 0. The highest BCUT2D eigenvalue weighted by Gasteiger charge is 2.26. The lowest BCUT2D eigenvalue weighted by Gasteiger charge is -2.38. The van der Waals surface area contributed by atoms with Crippen molar-refractivity contribution in [2.45, 2.75) is 31.7 Å². The Labute approximate surface area is 136 Å². The highest BCUT2D eigenvalue weighted by molar-refractivity contribution is 6.34. The van der Waals surface area contributed by atoms with Gasteiger partial charge in [-0.05, 0) is 24.3 Å². The van der Waals surface area contributed by atoms with Gasteiger partial charge in [0.15, 0.2) is 0 Å². The Kier molecular flexibility index (Phi) is 3.93. The van der Waals surface area contributed by atoms with Gasteiger partial charge < -0.3 is 4.90 Å². The number of piperazine rings is 1. The van der Waals surface area contributed by atoms with Crippen LogP contribution in [-0.4, -0.2) is 42.1 Å². The summed E-state index contributed by atoms with van der Waals surface area (Å²) in [6.07, 6.45) is 5.60. The van der Waals surface area contributed by atoms with E-state index in [-0.39, 0.29) is 0 Å². The molecule has 0 bridgehead atoms. The molecular weight excluding hydrogens is 294 g/mol. The maximum absolute atomic E-state index is 6.37. The molecule has 1 saturated heterocycles. The molecule has 1 aromatic heterocycles. The first kappa shape index (κ1) is 14.3. The minimum absolute atomic E-state index is 0.617. The average Bonchev–Trinajstić information content (AvgIpc) is 3.09. The second kappa shape index (κ2) is 6.05. The lowest BCUT2D eigenvalue weighted by atomic mass is 10.1. The summed E-state index contributed by atoms with van der Waals surface area (Å²) in [6.45, 7) is 4.41. The van der Waals surface area contributed by atoms with E-state index in [1.807, 2.05) is 12.1 Å². The molecule has 4 heteroatoms. The molecule has 0 N–H and O–H groups in total. The van der Waals surface area contributed by atoms with Crippen molar-refractivity contribution in [3.63, 3.8) is 0 Å². The largest absolute Gasteiger partial charge is 0.354 e. The van der Waals surface area contributed by atoms with Crippen LogP contribution in [0.5, 0.6) is 0 Å². The van der Waals surface area contributed by atoms with Crippen LogP contribution in [0.4, 0.5) is 5.82 Å². The number of pyridine rings is 1. The normalized spacial score (nSPS) is 20.9. The zero-order valence-corrected chi connectivity index (χ0v) is 13.6. The molecule has 2 fully saturated rings. The third kappa shape index (κ3) is 2.68. The van der Waals surface area contributed by atoms with Crippen LogP contribution in [0, 0.1) is 0 Å². The molecule has 0 spiro atoms. The maximum atomic E-state index is 6.37. The van der Waals surface area contributed by atoms with E-state index in [9.17, 15) is 0 Å². The molecule has 2 aliphatic rings. The lowest BCUT2D eigenvalue weighted by molar-refractivity contribution is 0.187. The summed E-state index contributed by atoms with van der Waals surface area (Å²) in [4.78, 5) is 9.67. The number of aromatic nitrogens is 1. The van der Waals surface area contributed by atoms with Crippen LogP contribution < -0.4 is 4.90 Å². The van der Waals surface area contributed by atoms with Crippen LogP contribution in [-0.2, 0) is 0 Å². The molecule has 3 nitrogen and oxygen atoms in total. The lowest BCUT2D eigenvalue weighted by Crippen LogP contribution is -2.50. The monoisotopic (exact) mass is 315 g/mol. The third-order valence-corrected chi connectivity index (χ3v) is 5.45. The van der Waals surface area contributed by atoms with Crippen molar-refractivity contribution in [3.05, 3.63) is 35.5 Å². The molecule has 1 aromatic carbocycles. The molecule has 22 heavy (non-hydrogen) atoms. The molecule has 1 aliphatic carbocycles. The highest BCUT2D eigenvalue weighted by atomic mass is 35.5. The van der Waals surface area contributed by atoms with Gasteiger partial charge in [0, 0.05) is 37.6 Å². The first-order valence-electron chi connectivity index (χ1n) is 8.35. The van der Waals surface area contributed by atoms with Crippen LogP contribution >= 0.6 is 11.6 Å². The van der Waals surface area contributed by atoms with Gasteiger partial charge in [0.05, 0.1) is 0 Å². The van der Waals surface area contributed by atoms with E-state index >= 15 is 0 Å². The van der Waals surface area contributed by atoms with Gasteiger partial charge in [-0.2, -0.15) is 0 Å². The molecule has 4 rings (SSSR count). The summed E-state index contributed by atoms with van der Waals surface area (Å²) in [5.41, 5.74) is 0. The molecule has 0 radical (unpaired) electrons. The second-order valence-corrected chi connectivity index (χ2v) is 6.81. The second-order valence-electron chi connectivity index (χ2n) is 6.45. The van der Waals surface area contributed by atoms with E-state index in [1.54, 1.807) is 0 Å². The van der Waals surface area contributed by atoms with E-state index in [0.29, 0.717) is 5.15 Å². The van der Waals surface area contributed by atoms with E-state index in [1.165, 1.54) is 31.1 Å². The number of rotatable bonds is 2. The van der Waals surface area contributed by atoms with Gasteiger partial charge in [0.2, 0.25) is 0 Å². The zero-order valence-electron chi connectivity index (χ0n) is 12.8. The molecule has 0 amide bonds. The van der Waals surface area contributed by atoms with Crippen molar-refractivity contribution in [1.29, 1.82) is 0 Å². The fourth-order valence-electron chi connectivity index (χ4n) is 3.89. The number of hydrogen-bond acceptors (Lipinski definition) is 3. The minimum Gasteiger partial charge on any atom is -0.354 e. The van der Waals surface area contributed by atoms with Gasteiger partial charge in [-0.15, -0.1) is 0 Å². The summed E-state index contributed by atoms with van der Waals surface area (Å²) >= 11 is 6.37. The summed E-state index contributed by atoms with van der Waals surface area (Å²) < 4.78 is 0. The predicted molar refractivity (Wildman–Crippen MR) is 92.8 cm³/mol. The predicted octanol–water partition coefficient (Wildman–Crippen LogP) is 3.95. The average molecular weight is 316 g/mol. The van der Waals surface area contributed by atoms with Crippen LogP contribution in [0.2, 0.25) is 5.15 Å². The third-order valence-electron chi connectivity index (χ3n) is 5.16. The fourth-order valence-corrected chi connectivity index (χ4v) is 4.15. The summed E-state index contributed by atoms with van der Waals surface area (Å²) in [7, 11) is 0. The van der Waals surface area contributed by atoms with E-state index in [4.69, 9.17) is 11.6 Å². The standard InChI is InChI=1S/C18H22ClN3/c19-18-16-8-4-1-5-14(16)13-17(20-18)22-11-9-21(10-12-22)15-6-2-3-7-15/h1,4-5,8,13,15H,2-3,6-7,9-12H2. The summed E-state index contributed by atoms with van der Waals surface area (Å²) in [6, 6.07) is 11.2. The Balaban J connectivity index is 1.51. The van der Waals surface area contributed by atoms with Gasteiger partial charge in [-0.25, -0.2) is 4.98 Å². The Hall–Kier alpha value is -1.32. The van der Waals surface area contributed by atoms with Crippen LogP contribution in [0.1, 0.15) is 25.7 Å². The van der Waals surface area contributed by atoms with Gasteiger partial charge in [0.25, 0.3) is 0 Å². The number of halogens is 1. The first-order valence-corrected chi connectivity index (χ1v) is 8.73. The first-order chi connectivity index (χ1) is 10.8. The molecule has 0 atom stereocenters. The van der Waals surface area contributed by atoms with Crippen molar-refractivity contribution < 1.29 is 0 Å². The van der Waals surface area contributed by atoms with Gasteiger partial charge in [0.1, 0.15) is 11.0 Å². The van der Waals surface area contributed by atoms with Crippen molar-refractivity contribution >= 4 is 28.2 Å². The van der Waals surface area contributed by atoms with Crippen LogP contribution in [0.15, 0.2) is 30.3 Å². The SMILES string of the molecule is Clc1nc(N2CCN(C3CCCC3)CC2)cc2ccccc12. The number of anilines is 1.